The van der Waals surface area contributed by atoms with Gasteiger partial charge in [-0.05, 0) is 71.0 Å². The van der Waals surface area contributed by atoms with E-state index in [4.69, 9.17) is 5.73 Å². The first kappa shape index (κ1) is 37.3. The number of hydrogen-bond acceptors (Lipinski definition) is 4. The topological polar surface area (TPSA) is 92.5 Å². The normalized spacial score (nSPS) is 12.3. The molecule has 0 radical (unpaired) electrons. The SMILES string of the molecule is CCCCCCCC/C=C\CCCCCCCC(=O)C(CC(=O)NCCCN(CCCC)CCCC)C(N)=O. The second-order valence-corrected chi connectivity index (χ2v) is 11.2. The van der Waals surface area contributed by atoms with E-state index in [1.807, 2.05) is 0 Å². The molecule has 0 rings (SSSR count). The van der Waals surface area contributed by atoms with Crippen LogP contribution < -0.4 is 11.1 Å². The van der Waals surface area contributed by atoms with Crippen LogP contribution in [0.4, 0.5) is 0 Å². The number of ketones is 1. The Kier molecular flexibility index (Phi) is 26.7. The fourth-order valence-electron chi connectivity index (χ4n) is 4.80. The van der Waals surface area contributed by atoms with Crippen molar-refractivity contribution in [2.24, 2.45) is 11.7 Å². The van der Waals surface area contributed by atoms with Gasteiger partial charge in [-0.1, -0.05) is 97.1 Å². The highest BCUT2D eigenvalue weighted by atomic mass is 16.2. The molecule has 0 saturated carbocycles. The van der Waals surface area contributed by atoms with E-state index < -0.39 is 11.8 Å². The fourth-order valence-corrected chi connectivity index (χ4v) is 4.80. The maximum atomic E-state index is 12.6. The maximum absolute atomic E-state index is 12.6. The average molecular weight is 550 g/mol. The number of rotatable bonds is 29. The molecule has 0 aromatic carbocycles. The van der Waals surface area contributed by atoms with Crippen LogP contribution in [0.1, 0.15) is 149 Å². The average Bonchev–Trinajstić information content (AvgIpc) is 2.92. The zero-order chi connectivity index (χ0) is 29.0. The lowest BCUT2D eigenvalue weighted by atomic mass is 9.94. The number of carbonyl (C=O) groups excluding carboxylic acids is 3. The molecule has 3 N–H and O–H groups in total. The molecule has 2 amide bonds. The van der Waals surface area contributed by atoms with E-state index in [1.54, 1.807) is 0 Å². The highest BCUT2D eigenvalue weighted by Crippen LogP contribution is 2.14. The number of Topliss-reactive ketones (excluding diaryl/α,β-unsaturated/α-hetero) is 1. The Hall–Kier alpha value is -1.69. The van der Waals surface area contributed by atoms with Crippen LogP contribution in [0.15, 0.2) is 12.2 Å². The number of nitrogens with one attached hydrogen (secondary N) is 1. The summed E-state index contributed by atoms with van der Waals surface area (Å²) in [6.45, 7) is 10.4. The van der Waals surface area contributed by atoms with Gasteiger partial charge in [0.25, 0.3) is 0 Å². The van der Waals surface area contributed by atoms with Crippen LogP contribution in [-0.4, -0.2) is 48.7 Å². The van der Waals surface area contributed by atoms with Gasteiger partial charge in [0.2, 0.25) is 11.8 Å². The number of nitrogens with zero attached hydrogens (tertiary/aromatic N) is 1. The second kappa shape index (κ2) is 27.9. The molecule has 6 heteroatoms. The molecule has 6 nitrogen and oxygen atoms in total. The Balaban J connectivity index is 3.97. The summed E-state index contributed by atoms with van der Waals surface area (Å²) in [5, 5.41) is 2.88. The molecule has 228 valence electrons. The molecule has 0 heterocycles. The van der Waals surface area contributed by atoms with Crippen LogP contribution in [0, 0.1) is 5.92 Å². The summed E-state index contributed by atoms with van der Waals surface area (Å²) >= 11 is 0. The Morgan fingerprint density at radius 1 is 0.667 bits per heavy atom. The standard InChI is InChI=1S/C33H63N3O3/c1-4-7-10-11-12-13-14-15-16-17-18-19-20-21-22-24-31(37)30(33(34)39)29-32(38)35-25-23-28-36(26-8-5-2)27-9-6-3/h15-16,30H,4-14,17-29H2,1-3H3,(H2,34,39)(H,35,38)/b16-15-. The first-order valence-electron chi connectivity index (χ1n) is 16.4. The first-order valence-corrected chi connectivity index (χ1v) is 16.4. The molecule has 0 bridgehead atoms. The number of carbonyl (C=O) groups is 3. The van der Waals surface area contributed by atoms with Crippen molar-refractivity contribution in [3.63, 3.8) is 0 Å². The lowest BCUT2D eigenvalue weighted by Gasteiger charge is -2.22. The number of primary amides is 1. The Bertz CT molecular complexity index is 628. The van der Waals surface area contributed by atoms with Gasteiger partial charge in [-0.25, -0.2) is 0 Å². The molecule has 0 saturated heterocycles. The zero-order valence-corrected chi connectivity index (χ0v) is 26.0. The van der Waals surface area contributed by atoms with Crippen molar-refractivity contribution in [1.82, 2.24) is 10.2 Å². The number of nitrogens with two attached hydrogens (primary N) is 1. The van der Waals surface area contributed by atoms with E-state index in [1.165, 1.54) is 77.0 Å². The Morgan fingerprint density at radius 3 is 1.69 bits per heavy atom. The Morgan fingerprint density at radius 2 is 1.15 bits per heavy atom. The van der Waals surface area contributed by atoms with Crippen LogP contribution >= 0.6 is 0 Å². The van der Waals surface area contributed by atoms with Gasteiger partial charge in [-0.3, -0.25) is 14.4 Å². The number of unbranched alkanes of at least 4 members (excludes halogenated alkanes) is 13. The third-order valence-electron chi connectivity index (χ3n) is 7.44. The molecule has 0 aliphatic rings. The van der Waals surface area contributed by atoms with E-state index >= 15 is 0 Å². The third kappa shape index (κ3) is 23.9. The molecule has 0 aromatic heterocycles. The summed E-state index contributed by atoms with van der Waals surface area (Å²) in [6.07, 6.45) is 26.0. The fraction of sp³-hybridized carbons (Fsp3) is 0.848. The number of hydrogen-bond donors (Lipinski definition) is 2. The van der Waals surface area contributed by atoms with Gasteiger partial charge in [0.1, 0.15) is 11.7 Å². The predicted octanol–water partition coefficient (Wildman–Crippen LogP) is 7.49. The van der Waals surface area contributed by atoms with E-state index in [-0.39, 0.29) is 18.1 Å². The lowest BCUT2D eigenvalue weighted by Crippen LogP contribution is -2.37. The molecule has 0 aliphatic heterocycles. The van der Waals surface area contributed by atoms with Crippen molar-refractivity contribution >= 4 is 17.6 Å². The van der Waals surface area contributed by atoms with Crippen molar-refractivity contribution < 1.29 is 14.4 Å². The van der Waals surface area contributed by atoms with Crippen LogP contribution in [0.5, 0.6) is 0 Å². The van der Waals surface area contributed by atoms with Gasteiger partial charge in [0, 0.05) is 19.4 Å². The highest BCUT2D eigenvalue weighted by Gasteiger charge is 2.26. The molecule has 0 aromatic rings. The summed E-state index contributed by atoms with van der Waals surface area (Å²) in [5.74, 6) is -2.15. The van der Waals surface area contributed by atoms with Crippen molar-refractivity contribution in [2.45, 2.75) is 149 Å². The highest BCUT2D eigenvalue weighted by molar-refractivity contribution is 6.03. The molecule has 0 fully saturated rings. The predicted molar refractivity (Wildman–Crippen MR) is 166 cm³/mol. The quantitative estimate of drug-likeness (QED) is 0.0574. The summed E-state index contributed by atoms with van der Waals surface area (Å²) in [6, 6.07) is 0. The van der Waals surface area contributed by atoms with Crippen LogP contribution in [0.2, 0.25) is 0 Å². The van der Waals surface area contributed by atoms with E-state index in [9.17, 15) is 14.4 Å². The van der Waals surface area contributed by atoms with Crippen LogP contribution in [0.3, 0.4) is 0 Å². The minimum Gasteiger partial charge on any atom is -0.369 e. The van der Waals surface area contributed by atoms with Gasteiger partial charge in [0.15, 0.2) is 0 Å². The summed E-state index contributed by atoms with van der Waals surface area (Å²) < 4.78 is 0. The smallest absolute Gasteiger partial charge is 0.228 e. The first-order chi connectivity index (χ1) is 19.0. The number of allylic oxidation sites excluding steroid dienone is 2. The van der Waals surface area contributed by atoms with Gasteiger partial charge >= 0.3 is 0 Å². The van der Waals surface area contributed by atoms with Gasteiger partial charge in [-0.15, -0.1) is 0 Å². The Labute approximate surface area is 241 Å². The van der Waals surface area contributed by atoms with E-state index in [0.717, 1.165) is 58.2 Å². The molecule has 0 spiro atoms. The lowest BCUT2D eigenvalue weighted by molar-refractivity contribution is -0.136. The van der Waals surface area contributed by atoms with Crippen LogP contribution in [0.25, 0.3) is 0 Å². The van der Waals surface area contributed by atoms with E-state index in [0.29, 0.717) is 13.0 Å². The maximum Gasteiger partial charge on any atom is 0.228 e. The summed E-state index contributed by atoms with van der Waals surface area (Å²) in [4.78, 5) is 39.3. The molecule has 1 unspecified atom stereocenters. The van der Waals surface area contributed by atoms with Gasteiger partial charge in [-0.2, -0.15) is 0 Å². The summed E-state index contributed by atoms with van der Waals surface area (Å²) in [5.41, 5.74) is 5.48. The van der Waals surface area contributed by atoms with Gasteiger partial charge in [0.05, 0.1) is 0 Å². The minimum atomic E-state index is -1.01. The molecular weight excluding hydrogens is 486 g/mol. The zero-order valence-electron chi connectivity index (χ0n) is 26.0. The van der Waals surface area contributed by atoms with Crippen LogP contribution in [-0.2, 0) is 14.4 Å². The van der Waals surface area contributed by atoms with Crippen molar-refractivity contribution in [2.75, 3.05) is 26.2 Å². The van der Waals surface area contributed by atoms with Crippen molar-refractivity contribution in [3.8, 4) is 0 Å². The van der Waals surface area contributed by atoms with E-state index in [2.05, 4.69) is 43.1 Å². The van der Waals surface area contributed by atoms with Gasteiger partial charge < -0.3 is 16.0 Å². The second-order valence-electron chi connectivity index (χ2n) is 11.2. The number of amides is 2. The third-order valence-corrected chi connectivity index (χ3v) is 7.44. The monoisotopic (exact) mass is 549 g/mol. The minimum absolute atomic E-state index is 0.130. The summed E-state index contributed by atoms with van der Waals surface area (Å²) in [7, 11) is 0. The van der Waals surface area contributed by atoms with Crippen molar-refractivity contribution in [3.05, 3.63) is 12.2 Å². The molecular formula is C33H63N3O3. The molecule has 0 aliphatic carbocycles. The largest absolute Gasteiger partial charge is 0.369 e. The van der Waals surface area contributed by atoms with Crippen molar-refractivity contribution in [1.29, 1.82) is 0 Å². The molecule has 39 heavy (non-hydrogen) atoms. The molecule has 1 atom stereocenters.